The Morgan fingerprint density at radius 2 is 1.79 bits per heavy atom. The first-order valence-corrected chi connectivity index (χ1v) is 9.13. The molecule has 1 heterocycles. The summed E-state index contributed by atoms with van der Waals surface area (Å²) in [6.07, 6.45) is -0.00742. The molecular formula is C22H24ClNO4. The molecule has 3 aromatic carbocycles. The van der Waals surface area contributed by atoms with Gasteiger partial charge < -0.3 is 24.3 Å². The lowest BCUT2D eigenvalue weighted by Gasteiger charge is -2.26. The highest BCUT2D eigenvalue weighted by Crippen LogP contribution is 2.35. The summed E-state index contributed by atoms with van der Waals surface area (Å²) in [7, 11) is 1.66. The van der Waals surface area contributed by atoms with Crippen LogP contribution in [-0.4, -0.2) is 39.5 Å². The van der Waals surface area contributed by atoms with E-state index in [0.717, 1.165) is 33.8 Å². The lowest BCUT2D eigenvalue weighted by atomic mass is 10.1. The summed E-state index contributed by atoms with van der Waals surface area (Å²) < 4.78 is 23.2. The van der Waals surface area contributed by atoms with E-state index in [9.17, 15) is 0 Å². The van der Waals surface area contributed by atoms with Crippen molar-refractivity contribution in [1.82, 2.24) is 5.32 Å². The number of benzene rings is 3. The van der Waals surface area contributed by atoms with Gasteiger partial charge in [0.15, 0.2) is 23.0 Å². The van der Waals surface area contributed by atoms with Gasteiger partial charge in [-0.3, -0.25) is 0 Å². The zero-order valence-electron chi connectivity index (χ0n) is 15.7. The molecule has 6 heteroatoms. The van der Waals surface area contributed by atoms with Crippen LogP contribution >= 0.6 is 12.4 Å². The zero-order valence-corrected chi connectivity index (χ0v) is 16.5. The van der Waals surface area contributed by atoms with Crippen LogP contribution in [0.1, 0.15) is 0 Å². The fourth-order valence-electron chi connectivity index (χ4n) is 3.18. The van der Waals surface area contributed by atoms with Gasteiger partial charge in [-0.15, -0.1) is 12.4 Å². The van der Waals surface area contributed by atoms with Gasteiger partial charge in [0.25, 0.3) is 0 Å². The standard InChI is InChI=1S/C22H23NO4.ClH/c1-24-21-11-10-16-6-2-3-7-18(16)22(21)25-13-12-23-14-17-15-26-19-8-4-5-9-20(19)27-17;/h2-11,17,23H,12-15H2,1H3;1H/t17-;/m0./s1. The molecule has 28 heavy (non-hydrogen) atoms. The van der Waals surface area contributed by atoms with Crippen molar-refractivity contribution in [2.24, 2.45) is 0 Å². The Morgan fingerprint density at radius 3 is 2.64 bits per heavy atom. The average molecular weight is 402 g/mol. The van der Waals surface area contributed by atoms with Crippen molar-refractivity contribution < 1.29 is 18.9 Å². The minimum Gasteiger partial charge on any atom is -0.493 e. The highest BCUT2D eigenvalue weighted by molar-refractivity contribution is 5.90. The largest absolute Gasteiger partial charge is 0.493 e. The summed E-state index contributed by atoms with van der Waals surface area (Å²) in [6, 6.07) is 19.9. The number of hydrogen-bond donors (Lipinski definition) is 1. The predicted octanol–water partition coefficient (Wildman–Crippen LogP) is 4.08. The molecule has 5 nitrogen and oxygen atoms in total. The molecule has 1 aliphatic heterocycles. The summed E-state index contributed by atoms with van der Waals surface area (Å²) in [5, 5.41) is 5.56. The molecule has 0 bridgehead atoms. The van der Waals surface area contributed by atoms with Gasteiger partial charge in [-0.25, -0.2) is 0 Å². The summed E-state index contributed by atoms with van der Waals surface area (Å²) in [5.74, 6) is 3.13. The molecule has 0 amide bonds. The SMILES string of the molecule is COc1ccc2ccccc2c1OCCNC[C@H]1COc2ccccc2O1.Cl. The van der Waals surface area contributed by atoms with Gasteiger partial charge in [0.2, 0.25) is 0 Å². The average Bonchev–Trinajstić information content (AvgIpc) is 2.73. The van der Waals surface area contributed by atoms with Gasteiger partial charge in [-0.1, -0.05) is 42.5 Å². The van der Waals surface area contributed by atoms with Gasteiger partial charge in [0.05, 0.1) is 7.11 Å². The maximum Gasteiger partial charge on any atom is 0.169 e. The third kappa shape index (κ3) is 4.43. The Kier molecular flexibility index (Phi) is 6.85. The molecule has 0 aliphatic carbocycles. The van der Waals surface area contributed by atoms with Gasteiger partial charge in [0.1, 0.15) is 19.3 Å². The van der Waals surface area contributed by atoms with Crippen LogP contribution in [0.3, 0.4) is 0 Å². The monoisotopic (exact) mass is 401 g/mol. The number of methoxy groups -OCH3 is 1. The smallest absolute Gasteiger partial charge is 0.169 e. The van der Waals surface area contributed by atoms with E-state index in [2.05, 4.69) is 11.4 Å². The second kappa shape index (κ2) is 9.53. The van der Waals surface area contributed by atoms with Crippen molar-refractivity contribution in [2.75, 3.05) is 33.4 Å². The van der Waals surface area contributed by atoms with Crippen LogP contribution in [0.15, 0.2) is 60.7 Å². The third-order valence-electron chi connectivity index (χ3n) is 4.53. The van der Waals surface area contributed by atoms with E-state index in [1.165, 1.54) is 0 Å². The molecular weight excluding hydrogens is 378 g/mol. The predicted molar refractivity (Wildman–Crippen MR) is 112 cm³/mol. The number of rotatable bonds is 7. The molecule has 0 saturated carbocycles. The summed E-state index contributed by atoms with van der Waals surface area (Å²) in [5.41, 5.74) is 0. The minimum atomic E-state index is -0.00742. The number of hydrogen-bond acceptors (Lipinski definition) is 5. The van der Waals surface area contributed by atoms with E-state index in [0.29, 0.717) is 26.3 Å². The van der Waals surface area contributed by atoms with Gasteiger partial charge in [-0.05, 0) is 23.6 Å². The molecule has 3 aromatic rings. The topological polar surface area (TPSA) is 49.0 Å². The first-order valence-electron chi connectivity index (χ1n) is 9.13. The first-order chi connectivity index (χ1) is 13.3. The van der Waals surface area contributed by atoms with Crippen molar-refractivity contribution in [2.45, 2.75) is 6.10 Å². The van der Waals surface area contributed by atoms with Crippen molar-refractivity contribution in [3.8, 4) is 23.0 Å². The van der Waals surface area contributed by atoms with E-state index in [4.69, 9.17) is 18.9 Å². The summed E-state index contributed by atoms with van der Waals surface area (Å²) in [6.45, 7) is 2.48. The Bertz CT molecular complexity index is 918. The van der Waals surface area contributed by atoms with E-state index in [1.54, 1.807) is 7.11 Å². The molecule has 0 aromatic heterocycles. The van der Waals surface area contributed by atoms with Gasteiger partial charge in [0, 0.05) is 18.5 Å². The molecule has 0 spiro atoms. The molecule has 0 unspecified atom stereocenters. The van der Waals surface area contributed by atoms with Crippen LogP contribution < -0.4 is 24.3 Å². The molecule has 4 rings (SSSR count). The van der Waals surface area contributed by atoms with Gasteiger partial charge >= 0.3 is 0 Å². The third-order valence-corrected chi connectivity index (χ3v) is 4.53. The molecule has 1 N–H and O–H groups in total. The van der Waals surface area contributed by atoms with Crippen molar-refractivity contribution in [3.63, 3.8) is 0 Å². The maximum absolute atomic E-state index is 6.03. The van der Waals surface area contributed by atoms with Crippen LogP contribution in [0.2, 0.25) is 0 Å². The lowest BCUT2D eigenvalue weighted by molar-refractivity contribution is 0.0897. The lowest BCUT2D eigenvalue weighted by Crippen LogP contribution is -2.39. The molecule has 148 valence electrons. The number of ether oxygens (including phenoxy) is 4. The van der Waals surface area contributed by atoms with Crippen LogP contribution in [0.5, 0.6) is 23.0 Å². The van der Waals surface area contributed by atoms with Crippen molar-refractivity contribution in [3.05, 3.63) is 60.7 Å². The fraction of sp³-hybridized carbons (Fsp3) is 0.273. The van der Waals surface area contributed by atoms with Crippen LogP contribution in [0.4, 0.5) is 0 Å². The minimum absolute atomic E-state index is 0. The molecule has 0 fully saturated rings. The van der Waals surface area contributed by atoms with Crippen molar-refractivity contribution in [1.29, 1.82) is 0 Å². The van der Waals surface area contributed by atoms with Crippen LogP contribution in [0.25, 0.3) is 10.8 Å². The van der Waals surface area contributed by atoms with Crippen LogP contribution in [0, 0.1) is 0 Å². The summed E-state index contributed by atoms with van der Waals surface area (Å²) >= 11 is 0. The highest BCUT2D eigenvalue weighted by atomic mass is 35.5. The Balaban J connectivity index is 0.00000225. The van der Waals surface area contributed by atoms with Crippen LogP contribution in [-0.2, 0) is 0 Å². The second-order valence-corrected chi connectivity index (χ2v) is 6.37. The van der Waals surface area contributed by atoms with Gasteiger partial charge in [-0.2, -0.15) is 0 Å². The number of halogens is 1. The quantitative estimate of drug-likeness (QED) is 0.604. The first kappa shape index (κ1) is 20.1. The molecule has 1 aliphatic rings. The Labute approximate surface area is 171 Å². The number of para-hydroxylation sites is 2. The van der Waals surface area contributed by atoms with E-state index < -0.39 is 0 Å². The molecule has 1 atom stereocenters. The van der Waals surface area contributed by atoms with E-state index in [1.807, 2.05) is 54.6 Å². The van der Waals surface area contributed by atoms with E-state index >= 15 is 0 Å². The number of nitrogens with one attached hydrogen (secondary N) is 1. The number of fused-ring (bicyclic) bond motifs is 2. The normalized spacial score (nSPS) is 15.0. The maximum atomic E-state index is 6.03. The highest BCUT2D eigenvalue weighted by Gasteiger charge is 2.20. The second-order valence-electron chi connectivity index (χ2n) is 6.37. The molecule has 0 radical (unpaired) electrons. The van der Waals surface area contributed by atoms with E-state index in [-0.39, 0.29) is 18.5 Å². The summed E-state index contributed by atoms with van der Waals surface area (Å²) in [4.78, 5) is 0. The Morgan fingerprint density at radius 1 is 1.00 bits per heavy atom. The molecule has 0 saturated heterocycles. The van der Waals surface area contributed by atoms with Crippen molar-refractivity contribution >= 4 is 23.2 Å². The zero-order chi connectivity index (χ0) is 18.5. The Hall–Kier alpha value is -2.63. The fourth-order valence-corrected chi connectivity index (χ4v) is 3.18.